The molecule has 0 saturated carbocycles. The Kier molecular flexibility index (Phi) is 6.55. The number of anilines is 1. The molecule has 9 nitrogen and oxygen atoms in total. The van der Waals surface area contributed by atoms with E-state index in [1.165, 1.54) is 12.3 Å². The second kappa shape index (κ2) is 8.68. The summed E-state index contributed by atoms with van der Waals surface area (Å²) in [6, 6.07) is 8.25. The van der Waals surface area contributed by atoms with Gasteiger partial charge in [-0.3, -0.25) is 10.1 Å². The molecule has 0 spiro atoms. The number of aliphatic hydroxyl groups excluding tert-OH is 1. The number of benzene rings is 1. The van der Waals surface area contributed by atoms with E-state index in [-0.39, 0.29) is 18.0 Å². The lowest BCUT2D eigenvalue weighted by Gasteiger charge is -2.19. The highest BCUT2D eigenvalue weighted by Crippen LogP contribution is 2.27. The number of amides is 2. The van der Waals surface area contributed by atoms with Crippen LogP contribution < -0.4 is 16.4 Å². The molecular weight excluding hydrogens is 364 g/mol. The van der Waals surface area contributed by atoms with Gasteiger partial charge in [0, 0.05) is 17.4 Å². The number of aromatic nitrogens is 1. The minimum atomic E-state index is -1.20. The minimum absolute atomic E-state index is 0.167. The van der Waals surface area contributed by atoms with Gasteiger partial charge in [-0.05, 0) is 44.5 Å². The number of nitrogens with two attached hydrogens (primary N) is 1. The zero-order valence-electron chi connectivity index (χ0n) is 15.9. The summed E-state index contributed by atoms with van der Waals surface area (Å²) in [7, 11) is 0. The normalized spacial score (nSPS) is 12.2. The molecule has 28 heavy (non-hydrogen) atoms. The lowest BCUT2D eigenvalue weighted by molar-refractivity contribution is 0.0635. The van der Waals surface area contributed by atoms with E-state index in [1.54, 1.807) is 45.0 Å². The van der Waals surface area contributed by atoms with Crippen LogP contribution in [0.5, 0.6) is 5.75 Å². The van der Waals surface area contributed by atoms with Crippen LogP contribution in [0.25, 0.3) is 11.1 Å². The van der Waals surface area contributed by atoms with Crippen molar-refractivity contribution in [3.05, 3.63) is 42.2 Å². The standard InChI is InChI=1S/C19H24N4O5/c1-19(2,3)28-18(27)23-13-6-4-5-11(7-13)12-8-14(24)16(21-9-12)17(26)22-10-15(20)25/h4-9,15,24-25H,10,20H2,1-3H3,(H,22,26)(H,23,27). The van der Waals surface area contributed by atoms with E-state index in [0.717, 1.165) is 0 Å². The van der Waals surface area contributed by atoms with Gasteiger partial charge in [0.25, 0.3) is 5.91 Å². The quantitative estimate of drug-likeness (QED) is 0.491. The van der Waals surface area contributed by atoms with Crippen molar-refractivity contribution in [1.82, 2.24) is 10.3 Å². The van der Waals surface area contributed by atoms with Crippen LogP contribution in [-0.2, 0) is 4.74 Å². The van der Waals surface area contributed by atoms with Crippen molar-refractivity contribution in [3.8, 4) is 16.9 Å². The molecule has 0 aliphatic heterocycles. The van der Waals surface area contributed by atoms with E-state index in [9.17, 15) is 14.7 Å². The average molecular weight is 388 g/mol. The highest BCUT2D eigenvalue weighted by Gasteiger charge is 2.17. The van der Waals surface area contributed by atoms with Crippen LogP contribution in [0.3, 0.4) is 0 Å². The molecule has 0 fully saturated rings. The molecule has 150 valence electrons. The zero-order chi connectivity index (χ0) is 20.9. The summed E-state index contributed by atoms with van der Waals surface area (Å²) < 4.78 is 5.21. The van der Waals surface area contributed by atoms with Gasteiger partial charge in [-0.2, -0.15) is 0 Å². The van der Waals surface area contributed by atoms with Crippen LogP contribution in [0.2, 0.25) is 0 Å². The third-order valence-corrected chi connectivity index (χ3v) is 3.40. The van der Waals surface area contributed by atoms with E-state index < -0.39 is 23.8 Å². The van der Waals surface area contributed by atoms with Crippen molar-refractivity contribution < 1.29 is 24.5 Å². The number of aromatic hydroxyl groups is 1. The third-order valence-electron chi connectivity index (χ3n) is 3.40. The number of pyridine rings is 1. The summed E-state index contributed by atoms with van der Waals surface area (Å²) in [4.78, 5) is 27.8. The summed E-state index contributed by atoms with van der Waals surface area (Å²) in [5.41, 5.74) is 6.07. The molecule has 1 aromatic heterocycles. The van der Waals surface area contributed by atoms with Gasteiger partial charge in [0.2, 0.25) is 0 Å². The lowest BCUT2D eigenvalue weighted by atomic mass is 10.1. The Bertz CT molecular complexity index is 862. The molecule has 2 amide bonds. The molecule has 1 heterocycles. The first-order valence-electron chi connectivity index (χ1n) is 8.56. The van der Waals surface area contributed by atoms with Crippen LogP contribution in [0.15, 0.2) is 36.5 Å². The second-order valence-electron chi connectivity index (χ2n) is 7.08. The van der Waals surface area contributed by atoms with E-state index in [1.807, 2.05) is 0 Å². The maximum atomic E-state index is 11.9. The highest BCUT2D eigenvalue weighted by atomic mass is 16.6. The van der Waals surface area contributed by atoms with E-state index >= 15 is 0 Å². The Morgan fingerprint density at radius 2 is 1.96 bits per heavy atom. The van der Waals surface area contributed by atoms with Crippen LogP contribution in [0.4, 0.5) is 10.5 Å². The zero-order valence-corrected chi connectivity index (χ0v) is 15.9. The van der Waals surface area contributed by atoms with Crippen LogP contribution in [-0.4, -0.2) is 45.6 Å². The largest absolute Gasteiger partial charge is 0.505 e. The van der Waals surface area contributed by atoms with Crippen molar-refractivity contribution >= 4 is 17.7 Å². The first kappa shape index (κ1) is 21.1. The van der Waals surface area contributed by atoms with Gasteiger partial charge in [-0.1, -0.05) is 12.1 Å². The van der Waals surface area contributed by atoms with Crippen molar-refractivity contribution in [2.24, 2.45) is 5.73 Å². The Morgan fingerprint density at radius 1 is 1.25 bits per heavy atom. The topological polar surface area (TPSA) is 147 Å². The van der Waals surface area contributed by atoms with Crippen molar-refractivity contribution in [1.29, 1.82) is 0 Å². The summed E-state index contributed by atoms with van der Waals surface area (Å²) in [6.45, 7) is 5.14. The Balaban J connectivity index is 2.16. The van der Waals surface area contributed by atoms with E-state index in [4.69, 9.17) is 15.6 Å². The molecule has 2 rings (SSSR count). The summed E-state index contributed by atoms with van der Waals surface area (Å²) in [5.74, 6) is -0.985. The van der Waals surface area contributed by atoms with Crippen molar-refractivity contribution in [3.63, 3.8) is 0 Å². The first-order valence-corrected chi connectivity index (χ1v) is 8.56. The monoisotopic (exact) mass is 388 g/mol. The number of nitrogens with zero attached hydrogens (tertiary/aromatic N) is 1. The molecule has 1 atom stereocenters. The summed E-state index contributed by atoms with van der Waals surface area (Å²) in [5, 5.41) is 24.1. The van der Waals surface area contributed by atoms with Crippen molar-refractivity contribution in [2.45, 2.75) is 32.6 Å². The van der Waals surface area contributed by atoms with Crippen molar-refractivity contribution in [2.75, 3.05) is 11.9 Å². The number of nitrogens with one attached hydrogen (secondary N) is 2. The first-order chi connectivity index (χ1) is 13.0. The Labute approximate surface area is 162 Å². The fourth-order valence-corrected chi connectivity index (χ4v) is 2.26. The SMILES string of the molecule is CC(C)(C)OC(=O)Nc1cccc(-c2cnc(C(=O)NCC(N)O)c(O)c2)c1. The van der Waals surface area contributed by atoms with E-state index in [0.29, 0.717) is 16.8 Å². The number of ether oxygens (including phenoxy) is 1. The van der Waals surface area contributed by atoms with Gasteiger partial charge in [-0.25, -0.2) is 9.78 Å². The number of rotatable bonds is 5. The minimum Gasteiger partial charge on any atom is -0.505 e. The van der Waals surface area contributed by atoms with Gasteiger partial charge in [-0.15, -0.1) is 0 Å². The molecule has 9 heteroatoms. The maximum Gasteiger partial charge on any atom is 0.412 e. The molecule has 0 saturated heterocycles. The Hall–Kier alpha value is -3.17. The number of hydrogen-bond acceptors (Lipinski definition) is 7. The summed E-state index contributed by atoms with van der Waals surface area (Å²) in [6.07, 6.45) is -0.370. The van der Waals surface area contributed by atoms with Gasteiger partial charge in [0.05, 0.1) is 6.54 Å². The van der Waals surface area contributed by atoms with Gasteiger partial charge in [0.1, 0.15) is 17.6 Å². The fourth-order valence-electron chi connectivity index (χ4n) is 2.26. The molecule has 0 aliphatic carbocycles. The van der Waals surface area contributed by atoms with Gasteiger partial charge < -0.3 is 26.0 Å². The number of carbonyl (C=O) groups is 2. The molecule has 0 aliphatic rings. The van der Waals surface area contributed by atoms with Crippen LogP contribution >= 0.6 is 0 Å². The van der Waals surface area contributed by atoms with Crippen LogP contribution in [0.1, 0.15) is 31.3 Å². The second-order valence-corrected chi connectivity index (χ2v) is 7.08. The molecule has 0 bridgehead atoms. The van der Waals surface area contributed by atoms with Crippen LogP contribution in [0, 0.1) is 0 Å². The predicted molar refractivity (Wildman–Crippen MR) is 104 cm³/mol. The highest BCUT2D eigenvalue weighted by molar-refractivity contribution is 5.95. The summed E-state index contributed by atoms with van der Waals surface area (Å²) >= 11 is 0. The number of aliphatic hydroxyl groups is 1. The maximum absolute atomic E-state index is 11.9. The number of carbonyl (C=O) groups excluding carboxylic acids is 2. The molecule has 0 radical (unpaired) electrons. The molecule has 1 aromatic carbocycles. The molecule has 6 N–H and O–H groups in total. The van der Waals surface area contributed by atoms with E-state index in [2.05, 4.69) is 15.6 Å². The Morgan fingerprint density at radius 3 is 2.57 bits per heavy atom. The molecular formula is C19H24N4O5. The van der Waals surface area contributed by atoms with Gasteiger partial charge >= 0.3 is 6.09 Å². The van der Waals surface area contributed by atoms with Gasteiger partial charge in [0.15, 0.2) is 5.69 Å². The average Bonchev–Trinajstić information content (AvgIpc) is 2.58. The predicted octanol–water partition coefficient (Wildman–Crippen LogP) is 1.81. The number of hydrogen-bond donors (Lipinski definition) is 5. The smallest absolute Gasteiger partial charge is 0.412 e. The third kappa shape index (κ3) is 6.22. The molecule has 2 aromatic rings. The lowest BCUT2D eigenvalue weighted by Crippen LogP contribution is -2.37. The molecule has 1 unspecified atom stereocenters. The fraction of sp³-hybridized carbons (Fsp3) is 0.316.